The fourth-order valence-corrected chi connectivity index (χ4v) is 3.95. The van der Waals surface area contributed by atoms with Crippen molar-refractivity contribution in [3.05, 3.63) is 65.2 Å². The van der Waals surface area contributed by atoms with E-state index in [1.165, 1.54) is 6.42 Å². The molecular weight excluding hydrogens is 390 g/mol. The van der Waals surface area contributed by atoms with Gasteiger partial charge in [-0.1, -0.05) is 18.6 Å². The number of fused-ring (bicyclic) bond motifs is 1. The van der Waals surface area contributed by atoms with E-state index in [0.717, 1.165) is 60.0 Å². The number of methoxy groups -OCH3 is 1. The third-order valence-corrected chi connectivity index (χ3v) is 5.73. The molecule has 162 valence electrons. The maximum absolute atomic E-state index is 13.4. The summed E-state index contributed by atoms with van der Waals surface area (Å²) < 4.78 is 7.40. The highest BCUT2D eigenvalue weighted by atomic mass is 16.5. The van der Waals surface area contributed by atoms with Gasteiger partial charge >= 0.3 is 6.03 Å². The molecule has 0 bridgehead atoms. The molecule has 0 spiro atoms. The number of urea groups is 1. The number of aryl methyl sites for hydroxylation is 3. The average molecular weight is 420 g/mol. The van der Waals surface area contributed by atoms with Crippen molar-refractivity contribution in [3.8, 4) is 5.75 Å². The van der Waals surface area contributed by atoms with Crippen molar-refractivity contribution in [2.45, 2.75) is 52.6 Å². The topological polar surface area (TPSA) is 72.3 Å². The molecule has 2 heterocycles. The van der Waals surface area contributed by atoms with E-state index < -0.39 is 0 Å². The number of carbonyl (C=O) groups excluding carboxylic acids is 1. The summed E-state index contributed by atoms with van der Waals surface area (Å²) in [4.78, 5) is 15.2. The number of anilines is 2. The molecule has 4 rings (SSSR count). The number of benzene rings is 2. The van der Waals surface area contributed by atoms with Gasteiger partial charge in [-0.25, -0.2) is 4.79 Å². The van der Waals surface area contributed by atoms with E-state index in [-0.39, 0.29) is 6.03 Å². The van der Waals surface area contributed by atoms with Crippen LogP contribution in [0.2, 0.25) is 0 Å². The fraction of sp³-hybridized carbons (Fsp3) is 0.375. The van der Waals surface area contributed by atoms with E-state index in [1.807, 2.05) is 50.2 Å². The molecule has 0 radical (unpaired) electrons. The highest BCUT2D eigenvalue weighted by Crippen LogP contribution is 2.26. The summed E-state index contributed by atoms with van der Waals surface area (Å²) in [6, 6.07) is 13.3. The number of rotatable bonds is 5. The average Bonchev–Trinajstić information content (AvgIpc) is 2.99. The zero-order valence-corrected chi connectivity index (χ0v) is 18.4. The van der Waals surface area contributed by atoms with Gasteiger partial charge in [-0.15, -0.1) is 10.2 Å². The lowest BCUT2D eigenvalue weighted by Crippen LogP contribution is -2.36. The van der Waals surface area contributed by atoms with E-state index in [4.69, 9.17) is 4.74 Å². The molecule has 0 unspecified atom stereocenters. The van der Waals surface area contributed by atoms with E-state index in [0.29, 0.717) is 12.2 Å². The van der Waals surface area contributed by atoms with Gasteiger partial charge in [0.25, 0.3) is 0 Å². The molecule has 2 aromatic carbocycles. The van der Waals surface area contributed by atoms with Gasteiger partial charge in [-0.05, 0) is 68.1 Å². The molecule has 0 saturated carbocycles. The monoisotopic (exact) mass is 419 g/mol. The van der Waals surface area contributed by atoms with Crippen LogP contribution in [0.1, 0.15) is 42.0 Å². The Hall–Kier alpha value is -3.35. The quantitative estimate of drug-likeness (QED) is 0.640. The van der Waals surface area contributed by atoms with Crippen LogP contribution >= 0.6 is 0 Å². The summed E-state index contributed by atoms with van der Waals surface area (Å²) in [5, 5.41) is 11.9. The fourth-order valence-electron chi connectivity index (χ4n) is 3.95. The van der Waals surface area contributed by atoms with Crippen molar-refractivity contribution < 1.29 is 9.53 Å². The lowest BCUT2D eigenvalue weighted by atomic mass is 10.1. The van der Waals surface area contributed by atoms with Crippen LogP contribution in [0.25, 0.3) is 0 Å². The number of carbonyl (C=O) groups is 1. The second-order valence-electron chi connectivity index (χ2n) is 8.03. The number of hydrogen-bond acceptors (Lipinski definition) is 4. The van der Waals surface area contributed by atoms with Gasteiger partial charge in [0.05, 0.1) is 13.7 Å². The molecule has 31 heavy (non-hydrogen) atoms. The molecule has 0 saturated heterocycles. The van der Waals surface area contributed by atoms with Crippen molar-refractivity contribution in [1.29, 1.82) is 0 Å². The van der Waals surface area contributed by atoms with E-state index in [2.05, 4.69) is 26.1 Å². The van der Waals surface area contributed by atoms with Gasteiger partial charge in [0.15, 0.2) is 5.82 Å². The van der Waals surface area contributed by atoms with E-state index >= 15 is 0 Å². The SMILES string of the molecule is COc1ccc(NC(=O)N(Cc2nnc3n2CCCCC3)c2cc(C)ccc2C)cc1. The minimum Gasteiger partial charge on any atom is -0.497 e. The van der Waals surface area contributed by atoms with E-state index in [9.17, 15) is 4.79 Å². The Morgan fingerprint density at radius 2 is 1.90 bits per heavy atom. The highest BCUT2D eigenvalue weighted by molar-refractivity contribution is 6.02. The summed E-state index contributed by atoms with van der Waals surface area (Å²) in [5.74, 6) is 2.59. The molecule has 1 aromatic heterocycles. The Kier molecular flexibility index (Phi) is 6.21. The second-order valence-corrected chi connectivity index (χ2v) is 8.03. The van der Waals surface area contributed by atoms with Crippen LogP contribution in [0.4, 0.5) is 16.2 Å². The Morgan fingerprint density at radius 1 is 1.10 bits per heavy atom. The number of amides is 2. The molecule has 0 fully saturated rings. The van der Waals surface area contributed by atoms with E-state index in [1.54, 1.807) is 12.0 Å². The van der Waals surface area contributed by atoms with Crippen molar-refractivity contribution in [2.75, 3.05) is 17.3 Å². The number of ether oxygens (including phenoxy) is 1. The van der Waals surface area contributed by atoms with Crippen molar-refractivity contribution >= 4 is 17.4 Å². The first-order valence-electron chi connectivity index (χ1n) is 10.8. The van der Waals surface area contributed by atoms with Crippen LogP contribution in [0.15, 0.2) is 42.5 Å². The van der Waals surface area contributed by atoms with Crippen LogP contribution in [-0.2, 0) is 19.5 Å². The summed E-state index contributed by atoms with van der Waals surface area (Å²) >= 11 is 0. The van der Waals surface area contributed by atoms with Crippen LogP contribution in [0.5, 0.6) is 5.75 Å². The first-order chi connectivity index (χ1) is 15.0. The summed E-state index contributed by atoms with van der Waals surface area (Å²) in [6.45, 7) is 5.32. The predicted molar refractivity (Wildman–Crippen MR) is 122 cm³/mol. The third kappa shape index (κ3) is 4.71. The molecule has 3 aromatic rings. The minimum atomic E-state index is -0.204. The first-order valence-corrected chi connectivity index (χ1v) is 10.8. The highest BCUT2D eigenvalue weighted by Gasteiger charge is 2.23. The first kappa shape index (κ1) is 20.9. The van der Waals surface area contributed by atoms with Crippen LogP contribution < -0.4 is 15.0 Å². The molecule has 1 aliphatic rings. The zero-order chi connectivity index (χ0) is 21.8. The Labute approximate surface area is 183 Å². The summed E-state index contributed by atoms with van der Waals surface area (Å²) in [5.41, 5.74) is 3.71. The van der Waals surface area contributed by atoms with Gasteiger partial charge in [0.2, 0.25) is 0 Å². The largest absolute Gasteiger partial charge is 0.497 e. The molecule has 0 aliphatic carbocycles. The Balaban J connectivity index is 1.65. The number of hydrogen-bond donors (Lipinski definition) is 1. The molecule has 7 nitrogen and oxygen atoms in total. The molecule has 0 atom stereocenters. The lowest BCUT2D eigenvalue weighted by Gasteiger charge is -2.25. The predicted octanol–water partition coefficient (Wildman–Crippen LogP) is 4.87. The smallest absolute Gasteiger partial charge is 0.326 e. The lowest BCUT2D eigenvalue weighted by molar-refractivity contribution is 0.256. The van der Waals surface area contributed by atoms with Crippen LogP contribution in [0, 0.1) is 13.8 Å². The maximum Gasteiger partial charge on any atom is 0.326 e. The molecule has 1 aliphatic heterocycles. The number of nitrogens with zero attached hydrogens (tertiary/aromatic N) is 4. The normalized spacial score (nSPS) is 13.3. The summed E-state index contributed by atoms with van der Waals surface area (Å²) in [6.07, 6.45) is 4.38. The van der Waals surface area contributed by atoms with Crippen LogP contribution in [-0.4, -0.2) is 27.9 Å². The van der Waals surface area contributed by atoms with Crippen molar-refractivity contribution in [3.63, 3.8) is 0 Å². The molecule has 1 N–H and O–H groups in total. The summed E-state index contributed by atoms with van der Waals surface area (Å²) in [7, 11) is 1.62. The van der Waals surface area contributed by atoms with Gasteiger partial charge < -0.3 is 14.6 Å². The number of nitrogens with one attached hydrogen (secondary N) is 1. The van der Waals surface area contributed by atoms with Crippen molar-refractivity contribution in [2.24, 2.45) is 0 Å². The molecule has 7 heteroatoms. The Bertz CT molecular complexity index is 1060. The maximum atomic E-state index is 13.4. The number of aromatic nitrogens is 3. The minimum absolute atomic E-state index is 0.204. The van der Waals surface area contributed by atoms with Gasteiger partial charge in [0, 0.05) is 24.3 Å². The molecular formula is C24H29N5O2. The standard InChI is InChI=1S/C24H29N5O2/c1-17-8-9-18(2)21(15-17)29(24(30)25-19-10-12-20(31-3)13-11-19)16-23-27-26-22-7-5-4-6-14-28(22)23/h8-13,15H,4-7,14,16H2,1-3H3,(H,25,30). The zero-order valence-electron chi connectivity index (χ0n) is 18.4. The van der Waals surface area contributed by atoms with Gasteiger partial charge in [-0.3, -0.25) is 4.90 Å². The second kappa shape index (κ2) is 9.20. The Morgan fingerprint density at radius 3 is 2.68 bits per heavy atom. The van der Waals surface area contributed by atoms with Crippen molar-refractivity contribution in [1.82, 2.24) is 14.8 Å². The van der Waals surface area contributed by atoms with Crippen LogP contribution in [0.3, 0.4) is 0 Å². The van der Waals surface area contributed by atoms with Gasteiger partial charge in [0.1, 0.15) is 11.6 Å². The molecule has 2 amide bonds. The van der Waals surface area contributed by atoms with Gasteiger partial charge in [-0.2, -0.15) is 0 Å². The third-order valence-electron chi connectivity index (χ3n) is 5.73.